The van der Waals surface area contributed by atoms with Gasteiger partial charge in [-0.05, 0) is 24.6 Å². The first-order chi connectivity index (χ1) is 8.74. The van der Waals surface area contributed by atoms with Gasteiger partial charge in [0, 0.05) is 42.3 Å². The molecule has 18 heavy (non-hydrogen) atoms. The highest BCUT2D eigenvalue weighted by molar-refractivity contribution is 9.10. The Morgan fingerprint density at radius 2 is 2.33 bits per heavy atom. The molecule has 1 N–H and O–H groups in total. The molecule has 100 valence electrons. The standard InChI is InChI=1S/C14H21BrN2O/c1-3-13-9-16-6-7-17(13)10-11-8-12(15)4-5-14(11)18-2/h4-5,8,13,16H,3,6-7,9-10H2,1-2H3. The summed E-state index contributed by atoms with van der Waals surface area (Å²) in [6.45, 7) is 6.49. The summed E-state index contributed by atoms with van der Waals surface area (Å²) in [5.41, 5.74) is 1.26. The van der Waals surface area contributed by atoms with Crippen LogP contribution in [0.4, 0.5) is 0 Å². The van der Waals surface area contributed by atoms with Crippen molar-refractivity contribution < 1.29 is 4.74 Å². The van der Waals surface area contributed by atoms with Crippen molar-refractivity contribution in [3.05, 3.63) is 28.2 Å². The van der Waals surface area contributed by atoms with Crippen molar-refractivity contribution in [3.8, 4) is 5.75 Å². The molecule has 1 aliphatic heterocycles. The van der Waals surface area contributed by atoms with Gasteiger partial charge in [-0.15, -0.1) is 0 Å². The lowest BCUT2D eigenvalue weighted by Crippen LogP contribution is -2.50. The summed E-state index contributed by atoms with van der Waals surface area (Å²) in [7, 11) is 1.74. The minimum Gasteiger partial charge on any atom is -0.496 e. The van der Waals surface area contributed by atoms with E-state index in [-0.39, 0.29) is 0 Å². The maximum Gasteiger partial charge on any atom is 0.123 e. The summed E-state index contributed by atoms with van der Waals surface area (Å²) in [6.07, 6.45) is 1.18. The van der Waals surface area contributed by atoms with Crippen LogP contribution in [0.5, 0.6) is 5.75 Å². The Hall–Kier alpha value is -0.580. The first-order valence-corrected chi connectivity index (χ1v) is 7.31. The molecular formula is C14H21BrN2O. The Kier molecular flexibility index (Phi) is 5.03. The second-order valence-corrected chi connectivity index (χ2v) is 5.61. The Morgan fingerprint density at radius 3 is 3.06 bits per heavy atom. The predicted octanol–water partition coefficient (Wildman–Crippen LogP) is 2.64. The number of halogens is 1. The lowest BCUT2D eigenvalue weighted by atomic mass is 10.1. The van der Waals surface area contributed by atoms with Crippen LogP contribution in [0.25, 0.3) is 0 Å². The average Bonchev–Trinajstić information content (AvgIpc) is 2.40. The molecule has 1 aromatic carbocycles. The van der Waals surface area contributed by atoms with Gasteiger partial charge in [-0.3, -0.25) is 4.90 Å². The van der Waals surface area contributed by atoms with Gasteiger partial charge in [-0.25, -0.2) is 0 Å². The Morgan fingerprint density at radius 1 is 1.50 bits per heavy atom. The largest absolute Gasteiger partial charge is 0.496 e. The van der Waals surface area contributed by atoms with Crippen molar-refractivity contribution in [1.29, 1.82) is 0 Å². The number of methoxy groups -OCH3 is 1. The fourth-order valence-electron chi connectivity index (χ4n) is 2.50. The summed E-state index contributed by atoms with van der Waals surface area (Å²) in [6, 6.07) is 6.84. The molecule has 1 heterocycles. The van der Waals surface area contributed by atoms with E-state index in [0.29, 0.717) is 6.04 Å². The first-order valence-electron chi connectivity index (χ1n) is 6.51. The van der Waals surface area contributed by atoms with Crippen LogP contribution in [0.2, 0.25) is 0 Å². The number of piperazine rings is 1. The molecule has 0 spiro atoms. The van der Waals surface area contributed by atoms with E-state index in [9.17, 15) is 0 Å². The fraction of sp³-hybridized carbons (Fsp3) is 0.571. The van der Waals surface area contributed by atoms with E-state index in [1.165, 1.54) is 12.0 Å². The van der Waals surface area contributed by atoms with Gasteiger partial charge in [0.2, 0.25) is 0 Å². The third-order valence-electron chi connectivity index (χ3n) is 3.56. The van der Waals surface area contributed by atoms with Gasteiger partial charge < -0.3 is 10.1 Å². The van der Waals surface area contributed by atoms with Crippen molar-refractivity contribution in [2.45, 2.75) is 25.9 Å². The maximum absolute atomic E-state index is 5.45. The van der Waals surface area contributed by atoms with Crippen LogP contribution in [0.15, 0.2) is 22.7 Å². The van der Waals surface area contributed by atoms with E-state index in [2.05, 4.69) is 39.1 Å². The minimum atomic E-state index is 0.627. The van der Waals surface area contributed by atoms with E-state index in [4.69, 9.17) is 4.74 Å². The topological polar surface area (TPSA) is 24.5 Å². The number of ether oxygens (including phenoxy) is 1. The number of hydrogen-bond acceptors (Lipinski definition) is 3. The van der Waals surface area contributed by atoms with Crippen LogP contribution in [0, 0.1) is 0 Å². The monoisotopic (exact) mass is 312 g/mol. The zero-order valence-electron chi connectivity index (χ0n) is 11.1. The summed E-state index contributed by atoms with van der Waals surface area (Å²) >= 11 is 3.54. The fourth-order valence-corrected chi connectivity index (χ4v) is 2.91. The lowest BCUT2D eigenvalue weighted by Gasteiger charge is -2.36. The molecule has 2 rings (SSSR count). The van der Waals surface area contributed by atoms with Crippen molar-refractivity contribution in [2.75, 3.05) is 26.7 Å². The van der Waals surface area contributed by atoms with E-state index in [0.717, 1.165) is 36.4 Å². The van der Waals surface area contributed by atoms with Gasteiger partial charge >= 0.3 is 0 Å². The van der Waals surface area contributed by atoms with Crippen LogP contribution >= 0.6 is 15.9 Å². The molecular weight excluding hydrogens is 292 g/mol. The number of nitrogens with one attached hydrogen (secondary N) is 1. The van der Waals surface area contributed by atoms with Crippen LogP contribution < -0.4 is 10.1 Å². The lowest BCUT2D eigenvalue weighted by molar-refractivity contribution is 0.147. The Labute approximate surface area is 118 Å². The molecule has 0 aromatic heterocycles. The molecule has 1 saturated heterocycles. The highest BCUT2D eigenvalue weighted by Gasteiger charge is 2.21. The molecule has 1 unspecified atom stereocenters. The molecule has 1 fully saturated rings. The van der Waals surface area contributed by atoms with E-state index in [1.54, 1.807) is 7.11 Å². The van der Waals surface area contributed by atoms with Crippen LogP contribution in [0.1, 0.15) is 18.9 Å². The summed E-state index contributed by atoms with van der Waals surface area (Å²) in [5, 5.41) is 3.46. The molecule has 1 atom stereocenters. The van der Waals surface area contributed by atoms with Crippen molar-refractivity contribution in [1.82, 2.24) is 10.2 Å². The van der Waals surface area contributed by atoms with Gasteiger partial charge in [-0.2, -0.15) is 0 Å². The Balaban J connectivity index is 2.14. The van der Waals surface area contributed by atoms with Crippen LogP contribution in [-0.4, -0.2) is 37.7 Å². The van der Waals surface area contributed by atoms with Crippen LogP contribution in [-0.2, 0) is 6.54 Å². The minimum absolute atomic E-state index is 0.627. The van der Waals surface area contributed by atoms with Gasteiger partial charge in [0.25, 0.3) is 0 Å². The quantitative estimate of drug-likeness (QED) is 0.925. The number of benzene rings is 1. The molecule has 1 aromatic rings. The highest BCUT2D eigenvalue weighted by atomic mass is 79.9. The van der Waals surface area contributed by atoms with E-state index >= 15 is 0 Å². The molecule has 4 heteroatoms. The van der Waals surface area contributed by atoms with Gasteiger partial charge in [0.05, 0.1) is 7.11 Å². The summed E-state index contributed by atoms with van der Waals surface area (Å²) in [4.78, 5) is 2.54. The molecule has 3 nitrogen and oxygen atoms in total. The SMILES string of the molecule is CCC1CNCCN1Cc1cc(Br)ccc1OC. The number of nitrogens with zero attached hydrogens (tertiary/aromatic N) is 1. The number of hydrogen-bond donors (Lipinski definition) is 1. The molecule has 0 bridgehead atoms. The smallest absolute Gasteiger partial charge is 0.123 e. The predicted molar refractivity (Wildman–Crippen MR) is 78.1 cm³/mol. The highest BCUT2D eigenvalue weighted by Crippen LogP contribution is 2.25. The van der Waals surface area contributed by atoms with Gasteiger partial charge in [0.1, 0.15) is 5.75 Å². The third-order valence-corrected chi connectivity index (χ3v) is 4.05. The molecule has 0 radical (unpaired) electrons. The van der Waals surface area contributed by atoms with E-state index < -0.39 is 0 Å². The van der Waals surface area contributed by atoms with Gasteiger partial charge in [0.15, 0.2) is 0 Å². The van der Waals surface area contributed by atoms with Crippen LogP contribution in [0.3, 0.4) is 0 Å². The molecule has 0 amide bonds. The zero-order chi connectivity index (χ0) is 13.0. The van der Waals surface area contributed by atoms with E-state index in [1.807, 2.05) is 12.1 Å². The Bertz CT molecular complexity index is 397. The summed E-state index contributed by atoms with van der Waals surface area (Å²) in [5.74, 6) is 0.978. The first kappa shape index (κ1) is 13.8. The van der Waals surface area contributed by atoms with Crippen molar-refractivity contribution in [3.63, 3.8) is 0 Å². The summed E-state index contributed by atoms with van der Waals surface area (Å²) < 4.78 is 6.56. The van der Waals surface area contributed by atoms with Crippen molar-refractivity contribution >= 4 is 15.9 Å². The van der Waals surface area contributed by atoms with Crippen molar-refractivity contribution in [2.24, 2.45) is 0 Å². The normalized spacial score (nSPS) is 20.9. The molecule has 1 aliphatic rings. The maximum atomic E-state index is 5.45. The second kappa shape index (κ2) is 6.55. The molecule has 0 saturated carbocycles. The molecule has 0 aliphatic carbocycles. The van der Waals surface area contributed by atoms with Gasteiger partial charge in [-0.1, -0.05) is 22.9 Å². The second-order valence-electron chi connectivity index (χ2n) is 4.69. The zero-order valence-corrected chi connectivity index (χ0v) is 12.7. The number of rotatable bonds is 4. The third kappa shape index (κ3) is 3.25. The average molecular weight is 313 g/mol.